The number of fused-ring (bicyclic) bond motifs is 1. The fourth-order valence-electron chi connectivity index (χ4n) is 2.13. The Bertz CT molecular complexity index is 745. The molecule has 4 heteroatoms. The second kappa shape index (κ2) is 4.57. The van der Waals surface area contributed by atoms with Crippen molar-refractivity contribution in [3.8, 4) is 11.1 Å². The second-order valence-corrected chi connectivity index (χ2v) is 4.15. The van der Waals surface area contributed by atoms with Crippen molar-refractivity contribution >= 4 is 23.0 Å². The minimum absolute atomic E-state index is 0.434. The van der Waals surface area contributed by atoms with Crippen molar-refractivity contribution in [2.24, 2.45) is 0 Å². The summed E-state index contributed by atoms with van der Waals surface area (Å²) in [5, 5.41) is 0.766. The number of aromatic nitrogens is 2. The average molecular weight is 251 g/mol. The van der Waals surface area contributed by atoms with Gasteiger partial charge in [-0.15, -0.1) is 0 Å². The van der Waals surface area contributed by atoms with Crippen LogP contribution in [0.15, 0.2) is 47.2 Å². The summed E-state index contributed by atoms with van der Waals surface area (Å²) in [6.07, 6.45) is 5.24. The maximum Gasteiger partial charge on any atom is 0.232 e. The third kappa shape index (κ3) is 1.87. The van der Waals surface area contributed by atoms with Crippen LogP contribution in [0.3, 0.4) is 0 Å². The fourth-order valence-corrected chi connectivity index (χ4v) is 2.13. The van der Waals surface area contributed by atoms with Gasteiger partial charge in [-0.2, -0.15) is 0 Å². The first-order valence-corrected chi connectivity index (χ1v) is 6.02. The third-order valence-electron chi connectivity index (χ3n) is 2.93. The summed E-state index contributed by atoms with van der Waals surface area (Å²) in [7, 11) is 0. The molecule has 4 nitrogen and oxygen atoms in total. The number of nitrogens with two attached hydrogens (primary N) is 1. The molecule has 0 amide bonds. The molecule has 1 aromatic carbocycles. The summed E-state index contributed by atoms with van der Waals surface area (Å²) in [6, 6.07) is 9.97. The van der Waals surface area contributed by atoms with Crippen molar-refractivity contribution in [1.82, 2.24) is 9.97 Å². The Morgan fingerprint density at radius 1 is 1.16 bits per heavy atom. The van der Waals surface area contributed by atoms with Crippen molar-refractivity contribution in [3.63, 3.8) is 0 Å². The maximum absolute atomic E-state index is 5.97. The Morgan fingerprint density at radius 3 is 2.68 bits per heavy atom. The number of nitrogens with zero attached hydrogens (tertiary/aromatic N) is 2. The zero-order valence-corrected chi connectivity index (χ0v) is 10.5. The van der Waals surface area contributed by atoms with Gasteiger partial charge in [0.05, 0.1) is 5.39 Å². The van der Waals surface area contributed by atoms with Crippen LogP contribution in [-0.2, 0) is 0 Å². The molecule has 0 aliphatic heterocycles. The Labute approximate surface area is 110 Å². The summed E-state index contributed by atoms with van der Waals surface area (Å²) in [5.74, 6) is 1.18. The first-order valence-electron chi connectivity index (χ1n) is 6.02. The molecule has 3 aromatic rings. The van der Waals surface area contributed by atoms with Crippen LogP contribution in [0.2, 0.25) is 0 Å². The van der Waals surface area contributed by atoms with E-state index < -0.39 is 0 Å². The first kappa shape index (κ1) is 11.5. The van der Waals surface area contributed by atoms with Crippen molar-refractivity contribution in [2.75, 3.05) is 5.73 Å². The molecule has 2 N–H and O–H groups in total. The summed E-state index contributed by atoms with van der Waals surface area (Å²) in [6.45, 7) is 1.94. The molecular formula is C15H13N3O. The summed E-state index contributed by atoms with van der Waals surface area (Å²) in [4.78, 5) is 8.19. The normalized spacial score (nSPS) is 11.4. The number of anilines is 1. The van der Waals surface area contributed by atoms with Crippen molar-refractivity contribution in [2.45, 2.75) is 6.92 Å². The molecule has 0 radical (unpaired) electrons. The van der Waals surface area contributed by atoms with Gasteiger partial charge in [0, 0.05) is 5.56 Å². The molecule has 0 unspecified atom stereocenters. The lowest BCUT2D eigenvalue weighted by Gasteiger charge is -2.01. The van der Waals surface area contributed by atoms with Gasteiger partial charge in [-0.05, 0) is 18.6 Å². The maximum atomic E-state index is 5.97. The van der Waals surface area contributed by atoms with Crippen LogP contribution in [0.4, 0.5) is 5.82 Å². The molecule has 0 aliphatic carbocycles. The van der Waals surface area contributed by atoms with Crippen LogP contribution in [-0.4, -0.2) is 9.97 Å². The standard InChI is InChI=1S/C15H13N3O/c1-2-6-11-12(10-7-4-3-5-8-10)13-14(16)17-9-18-15(13)19-11/h2-9H,1H3,(H2,16,17,18)/b6-2+. The van der Waals surface area contributed by atoms with Gasteiger partial charge >= 0.3 is 0 Å². The van der Waals surface area contributed by atoms with Gasteiger partial charge in [-0.1, -0.05) is 36.4 Å². The van der Waals surface area contributed by atoms with Gasteiger partial charge < -0.3 is 10.2 Å². The topological polar surface area (TPSA) is 64.9 Å². The molecule has 2 aromatic heterocycles. The molecule has 2 heterocycles. The van der Waals surface area contributed by atoms with Crippen LogP contribution in [0.25, 0.3) is 28.3 Å². The average Bonchev–Trinajstić information content (AvgIpc) is 2.80. The number of allylic oxidation sites excluding steroid dienone is 1. The number of nitrogen functional groups attached to an aromatic ring is 1. The zero-order valence-electron chi connectivity index (χ0n) is 10.5. The van der Waals surface area contributed by atoms with Crippen molar-refractivity contribution < 1.29 is 4.42 Å². The fraction of sp³-hybridized carbons (Fsp3) is 0.0667. The Hall–Kier alpha value is -2.62. The monoisotopic (exact) mass is 251 g/mol. The minimum atomic E-state index is 0.434. The number of hydrogen-bond acceptors (Lipinski definition) is 4. The lowest BCUT2D eigenvalue weighted by molar-refractivity contribution is 0.592. The molecule has 0 bridgehead atoms. The van der Waals surface area contributed by atoms with Crippen LogP contribution >= 0.6 is 0 Å². The van der Waals surface area contributed by atoms with E-state index in [1.54, 1.807) is 0 Å². The predicted octanol–water partition coefficient (Wildman–Crippen LogP) is 3.51. The number of rotatable bonds is 2. The number of hydrogen-bond donors (Lipinski definition) is 1. The highest BCUT2D eigenvalue weighted by atomic mass is 16.3. The van der Waals surface area contributed by atoms with E-state index in [2.05, 4.69) is 9.97 Å². The van der Waals surface area contributed by atoms with E-state index in [1.165, 1.54) is 6.33 Å². The van der Waals surface area contributed by atoms with Gasteiger partial charge in [-0.25, -0.2) is 9.97 Å². The van der Waals surface area contributed by atoms with Crippen molar-refractivity contribution in [3.05, 3.63) is 48.5 Å². The SMILES string of the molecule is C/C=C/c1oc2ncnc(N)c2c1-c1ccccc1. The first-order chi connectivity index (χ1) is 9.31. The van der Waals surface area contributed by atoms with E-state index in [4.69, 9.17) is 10.2 Å². The van der Waals surface area contributed by atoms with E-state index in [0.29, 0.717) is 11.5 Å². The Morgan fingerprint density at radius 2 is 1.95 bits per heavy atom. The summed E-state index contributed by atoms with van der Waals surface area (Å²) < 4.78 is 5.76. The Balaban J connectivity index is 2.40. The molecule has 0 fully saturated rings. The van der Waals surface area contributed by atoms with Crippen LogP contribution < -0.4 is 5.73 Å². The third-order valence-corrected chi connectivity index (χ3v) is 2.93. The highest BCUT2D eigenvalue weighted by Crippen LogP contribution is 2.36. The molecule has 0 saturated heterocycles. The van der Waals surface area contributed by atoms with Gasteiger partial charge in [0.2, 0.25) is 5.71 Å². The Kier molecular flexibility index (Phi) is 2.76. The van der Waals surface area contributed by atoms with Gasteiger partial charge in [0.1, 0.15) is 17.9 Å². The van der Waals surface area contributed by atoms with Gasteiger partial charge in [0.25, 0.3) is 0 Å². The van der Waals surface area contributed by atoms with Gasteiger partial charge in [0.15, 0.2) is 0 Å². The lowest BCUT2D eigenvalue weighted by Crippen LogP contribution is -1.92. The van der Waals surface area contributed by atoms with Crippen molar-refractivity contribution in [1.29, 1.82) is 0 Å². The lowest BCUT2D eigenvalue weighted by atomic mass is 10.0. The van der Waals surface area contributed by atoms with Gasteiger partial charge in [-0.3, -0.25) is 0 Å². The molecular weight excluding hydrogens is 238 g/mol. The number of benzene rings is 1. The van der Waals surface area contributed by atoms with E-state index in [9.17, 15) is 0 Å². The minimum Gasteiger partial charge on any atom is -0.437 e. The summed E-state index contributed by atoms with van der Waals surface area (Å²) in [5.41, 5.74) is 8.46. The van der Waals surface area contributed by atoms with E-state index in [-0.39, 0.29) is 0 Å². The molecule has 3 rings (SSSR count). The number of furan rings is 1. The molecule has 0 aliphatic rings. The van der Waals surface area contributed by atoms with E-state index in [1.807, 2.05) is 49.4 Å². The molecule has 19 heavy (non-hydrogen) atoms. The second-order valence-electron chi connectivity index (χ2n) is 4.15. The smallest absolute Gasteiger partial charge is 0.232 e. The van der Waals surface area contributed by atoms with Crippen LogP contribution in [0, 0.1) is 0 Å². The molecule has 0 atom stereocenters. The molecule has 0 saturated carbocycles. The quantitative estimate of drug-likeness (QED) is 0.757. The van der Waals surface area contributed by atoms with E-state index >= 15 is 0 Å². The highest BCUT2D eigenvalue weighted by Gasteiger charge is 2.17. The molecule has 0 spiro atoms. The largest absolute Gasteiger partial charge is 0.437 e. The highest BCUT2D eigenvalue weighted by molar-refractivity contribution is 6.02. The summed E-state index contributed by atoms with van der Waals surface area (Å²) >= 11 is 0. The van der Waals surface area contributed by atoms with Crippen LogP contribution in [0.1, 0.15) is 12.7 Å². The van der Waals surface area contributed by atoms with E-state index in [0.717, 1.165) is 22.3 Å². The predicted molar refractivity (Wildman–Crippen MR) is 76.4 cm³/mol. The van der Waals surface area contributed by atoms with Crippen LogP contribution in [0.5, 0.6) is 0 Å². The zero-order chi connectivity index (χ0) is 13.2. The molecule has 94 valence electrons.